The third-order valence-corrected chi connectivity index (χ3v) is 5.74. The monoisotopic (exact) mass is 337 g/mol. The molecule has 7 heteroatoms. The number of hydrogen-bond donors (Lipinski definition) is 0. The van der Waals surface area contributed by atoms with Crippen molar-refractivity contribution in [2.45, 2.75) is 25.8 Å². The van der Waals surface area contributed by atoms with Crippen LogP contribution in [0.2, 0.25) is 19.6 Å². The minimum Gasteiger partial charge on any atom is -0.196 e. The number of carbonyl (C=O) groups is 1. The van der Waals surface area contributed by atoms with E-state index in [-0.39, 0.29) is 6.03 Å². The minimum absolute atomic E-state index is 0.248. The number of benzene rings is 1. The van der Waals surface area contributed by atoms with Crippen LogP contribution in [0.1, 0.15) is 11.3 Å². The van der Waals surface area contributed by atoms with Crippen LogP contribution in [0.5, 0.6) is 0 Å². The Balaban J connectivity index is 1.98. The Bertz CT molecular complexity index is 811. The maximum Gasteiger partial charge on any atom is 0.508 e. The van der Waals surface area contributed by atoms with Crippen LogP contribution in [0.3, 0.4) is 0 Å². The summed E-state index contributed by atoms with van der Waals surface area (Å²) in [5.41, 5.74) is 0.454. The number of rotatable bonds is 2. The Kier molecular flexibility index (Phi) is 3.37. The topological polar surface area (TPSA) is 25.0 Å². The van der Waals surface area contributed by atoms with E-state index >= 15 is 0 Å². The van der Waals surface area contributed by atoms with Crippen molar-refractivity contribution in [1.82, 2.24) is 4.57 Å². The minimum atomic E-state index is -4.38. The van der Waals surface area contributed by atoms with E-state index in [1.807, 2.05) is 12.1 Å². The summed E-state index contributed by atoms with van der Waals surface area (Å²) in [6, 6.07) is 8.19. The summed E-state index contributed by atoms with van der Waals surface area (Å²) in [5, 5.41) is 1.00. The molecule has 0 atom stereocenters. The van der Waals surface area contributed by atoms with Crippen molar-refractivity contribution in [3.63, 3.8) is 0 Å². The molecule has 0 radical (unpaired) electrons. The van der Waals surface area contributed by atoms with E-state index in [4.69, 9.17) is 0 Å². The van der Waals surface area contributed by atoms with Crippen molar-refractivity contribution in [1.29, 1.82) is 0 Å². The first-order chi connectivity index (χ1) is 10.6. The van der Waals surface area contributed by atoms with Crippen molar-refractivity contribution in [3.05, 3.63) is 47.7 Å². The van der Waals surface area contributed by atoms with Gasteiger partial charge in [-0.15, -0.1) is 0 Å². The highest BCUT2D eigenvalue weighted by molar-refractivity contribution is 6.88. The second-order valence-corrected chi connectivity index (χ2v) is 11.6. The Morgan fingerprint density at radius 3 is 2.13 bits per heavy atom. The smallest absolute Gasteiger partial charge is 0.196 e. The molecule has 0 aliphatic carbocycles. The molecule has 1 aromatic carbocycles. The summed E-state index contributed by atoms with van der Waals surface area (Å²) in [6.45, 7) is 6.43. The fraction of sp³-hybridized carbons (Fsp3) is 0.250. The molecule has 1 amide bonds. The first kappa shape index (κ1) is 15.7. The van der Waals surface area contributed by atoms with E-state index in [0.29, 0.717) is 5.69 Å². The molecule has 0 saturated carbocycles. The summed E-state index contributed by atoms with van der Waals surface area (Å²) in [7, 11) is -1.70. The summed E-state index contributed by atoms with van der Waals surface area (Å²) in [5.74, 6) is 0. The zero-order valence-electron chi connectivity index (χ0n) is 13.0. The normalized spacial score (nSPS) is 14.9. The van der Waals surface area contributed by atoms with Gasteiger partial charge in [-0.2, -0.15) is 27.1 Å². The van der Waals surface area contributed by atoms with Crippen LogP contribution in [0.25, 0.3) is 0 Å². The first-order valence-corrected chi connectivity index (χ1v) is 10.7. The number of nitrogens with zero attached hydrogens (tertiary/aromatic N) is 2. The molecular weight excluding hydrogens is 321 g/mol. The number of carbonyl (C=O) groups excluding carboxylic acids is 1. The van der Waals surface area contributed by atoms with E-state index < -0.39 is 19.8 Å². The molecule has 0 fully saturated rings. The molecule has 0 saturated heterocycles. The molecule has 3 nitrogen and oxygen atoms in total. The van der Waals surface area contributed by atoms with Gasteiger partial charge in [-0.1, -0.05) is 19.6 Å². The molecule has 1 aliphatic heterocycles. The van der Waals surface area contributed by atoms with Gasteiger partial charge in [0.15, 0.2) is 5.69 Å². The lowest BCUT2D eigenvalue weighted by molar-refractivity contribution is -0.321. The standard InChI is InChI=1S/C16H16F3N2OSi/c1-23(2,3)14-9-8-13-10-20(15(22)21(13)14)12-6-4-11(5-7-12)16(17,18)19/h4-10H,1-3H3/q+1. The van der Waals surface area contributed by atoms with E-state index in [2.05, 4.69) is 19.6 Å². The predicted molar refractivity (Wildman–Crippen MR) is 84.7 cm³/mol. The SMILES string of the molecule is C[Si](C)(C)c1ccc2n1C(=O)[N+](c1ccc(C(F)(F)F)cc1)=C2. The predicted octanol–water partition coefficient (Wildman–Crippen LogP) is 3.80. The van der Waals surface area contributed by atoms with Crippen molar-refractivity contribution >= 4 is 31.3 Å². The molecule has 3 rings (SSSR count). The van der Waals surface area contributed by atoms with Gasteiger partial charge in [0.1, 0.15) is 20.0 Å². The van der Waals surface area contributed by atoms with Gasteiger partial charge >= 0.3 is 12.2 Å². The number of halogens is 3. The lowest BCUT2D eigenvalue weighted by Crippen LogP contribution is -2.45. The third-order valence-electron chi connectivity index (χ3n) is 3.81. The summed E-state index contributed by atoms with van der Waals surface area (Å²) in [6.07, 6.45) is -2.72. The van der Waals surface area contributed by atoms with Crippen molar-refractivity contribution < 1.29 is 22.5 Å². The molecule has 1 aliphatic rings. The van der Waals surface area contributed by atoms with Crippen LogP contribution in [-0.2, 0) is 6.18 Å². The molecule has 2 heterocycles. The molecule has 0 bridgehead atoms. The second-order valence-electron chi connectivity index (χ2n) is 6.56. The van der Waals surface area contributed by atoms with Gasteiger partial charge in [0, 0.05) is 0 Å². The van der Waals surface area contributed by atoms with Crippen LogP contribution >= 0.6 is 0 Å². The lowest BCUT2D eigenvalue weighted by atomic mass is 10.2. The number of aromatic nitrogens is 1. The molecule has 2 aromatic rings. The van der Waals surface area contributed by atoms with E-state index in [0.717, 1.165) is 23.1 Å². The van der Waals surface area contributed by atoms with Gasteiger partial charge in [0.25, 0.3) is 0 Å². The molecule has 120 valence electrons. The molecule has 1 aromatic heterocycles. The highest BCUT2D eigenvalue weighted by Gasteiger charge is 2.39. The Labute approximate surface area is 132 Å². The van der Waals surface area contributed by atoms with Gasteiger partial charge in [0.05, 0.1) is 10.9 Å². The van der Waals surface area contributed by atoms with Gasteiger partial charge in [-0.3, -0.25) is 0 Å². The Morgan fingerprint density at radius 2 is 1.61 bits per heavy atom. The van der Waals surface area contributed by atoms with E-state index in [1.165, 1.54) is 16.7 Å². The number of hydrogen-bond acceptors (Lipinski definition) is 1. The number of fused-ring (bicyclic) bond motifs is 1. The third kappa shape index (κ3) is 2.65. The summed E-state index contributed by atoms with van der Waals surface area (Å²) < 4.78 is 41.0. The average molecular weight is 337 g/mol. The van der Waals surface area contributed by atoms with Gasteiger partial charge in [0.2, 0.25) is 0 Å². The second kappa shape index (κ2) is 4.92. The first-order valence-electron chi connectivity index (χ1n) is 7.17. The highest BCUT2D eigenvalue weighted by Crippen LogP contribution is 2.30. The fourth-order valence-electron chi connectivity index (χ4n) is 2.64. The van der Waals surface area contributed by atoms with E-state index in [9.17, 15) is 18.0 Å². The van der Waals surface area contributed by atoms with Gasteiger partial charge in [-0.25, -0.2) is 0 Å². The summed E-state index contributed by atoms with van der Waals surface area (Å²) in [4.78, 5) is 12.7. The van der Waals surface area contributed by atoms with Crippen LogP contribution in [0.15, 0.2) is 36.4 Å². The molecule has 0 unspecified atom stereocenters. The average Bonchev–Trinajstić information content (AvgIpc) is 2.98. The number of amides is 1. The maximum atomic E-state index is 12.7. The van der Waals surface area contributed by atoms with Crippen LogP contribution < -0.4 is 5.32 Å². The molecule has 23 heavy (non-hydrogen) atoms. The quantitative estimate of drug-likeness (QED) is 0.604. The zero-order valence-corrected chi connectivity index (χ0v) is 14.0. The lowest BCUT2D eigenvalue weighted by Gasteiger charge is -2.13. The van der Waals surface area contributed by atoms with Crippen LogP contribution in [0, 0.1) is 0 Å². The van der Waals surface area contributed by atoms with E-state index in [1.54, 1.807) is 10.8 Å². The van der Waals surface area contributed by atoms with Gasteiger partial charge in [-0.05, 0) is 36.4 Å². The largest absolute Gasteiger partial charge is 0.508 e. The summed E-state index contributed by atoms with van der Waals surface area (Å²) >= 11 is 0. The fourth-order valence-corrected chi connectivity index (χ4v) is 4.12. The Morgan fingerprint density at radius 1 is 1.00 bits per heavy atom. The number of alkyl halides is 3. The Hall–Kier alpha value is -2.15. The van der Waals surface area contributed by atoms with Crippen LogP contribution in [-0.4, -0.2) is 29.5 Å². The molecular formula is C16H16F3N2OSi+. The highest BCUT2D eigenvalue weighted by atomic mass is 28.3. The van der Waals surface area contributed by atoms with Crippen molar-refractivity contribution in [2.24, 2.45) is 0 Å². The maximum absolute atomic E-state index is 12.7. The van der Waals surface area contributed by atoms with Crippen molar-refractivity contribution in [2.75, 3.05) is 0 Å². The molecule has 0 spiro atoms. The van der Waals surface area contributed by atoms with Gasteiger partial charge < -0.3 is 0 Å². The van der Waals surface area contributed by atoms with Crippen LogP contribution in [0.4, 0.5) is 23.7 Å². The van der Waals surface area contributed by atoms with Crippen molar-refractivity contribution in [3.8, 4) is 0 Å². The zero-order chi connectivity index (χ0) is 17.0. The molecule has 0 N–H and O–H groups in total.